The monoisotopic (exact) mass is 150 g/mol. The van der Waals surface area contributed by atoms with Crippen LogP contribution >= 0.6 is 0 Å². The Morgan fingerprint density at radius 1 is 1.55 bits per heavy atom. The van der Waals surface area contributed by atoms with Crippen molar-refractivity contribution < 1.29 is 9.90 Å². The lowest BCUT2D eigenvalue weighted by molar-refractivity contribution is -0.113. The fourth-order valence-electron chi connectivity index (χ4n) is 1.78. The Bertz CT molecular complexity index is 261. The number of fused-ring (bicyclic) bond motifs is 1. The van der Waals surface area contributed by atoms with Crippen molar-refractivity contribution in [2.45, 2.75) is 19.3 Å². The van der Waals surface area contributed by atoms with Gasteiger partial charge in [-0.25, -0.2) is 0 Å². The maximum absolute atomic E-state index is 10.9. The van der Waals surface area contributed by atoms with Gasteiger partial charge in [-0.3, -0.25) is 4.79 Å². The van der Waals surface area contributed by atoms with Gasteiger partial charge >= 0.3 is 0 Å². The summed E-state index contributed by atoms with van der Waals surface area (Å²) in [6.07, 6.45) is 6.54. The van der Waals surface area contributed by atoms with Gasteiger partial charge in [0.1, 0.15) is 0 Å². The van der Waals surface area contributed by atoms with Gasteiger partial charge in [-0.1, -0.05) is 5.57 Å². The number of aliphatic hydroxyl groups is 1. The summed E-state index contributed by atoms with van der Waals surface area (Å²) < 4.78 is 0. The van der Waals surface area contributed by atoms with E-state index in [1.165, 1.54) is 5.57 Å². The average molecular weight is 150 g/mol. The predicted molar refractivity (Wildman–Crippen MR) is 41.1 cm³/mol. The molecule has 1 fully saturated rings. The lowest BCUT2D eigenvalue weighted by Crippen LogP contribution is -2.09. The Hall–Kier alpha value is -1.05. The van der Waals surface area contributed by atoms with E-state index < -0.39 is 0 Å². The van der Waals surface area contributed by atoms with Gasteiger partial charge < -0.3 is 5.11 Å². The van der Waals surface area contributed by atoms with E-state index in [4.69, 9.17) is 5.11 Å². The molecule has 0 spiro atoms. The highest BCUT2D eigenvalue weighted by Crippen LogP contribution is 2.35. The van der Waals surface area contributed by atoms with Crippen LogP contribution in [0, 0.1) is 5.92 Å². The molecule has 2 rings (SSSR count). The number of allylic oxidation sites excluding steroid dienone is 3. The maximum Gasteiger partial charge on any atom is 0.219 e. The SMILES string of the molecule is O=C1C=C2CCCC2C=C1O. The fraction of sp³-hybridized carbons (Fsp3) is 0.444. The third-order valence-electron chi connectivity index (χ3n) is 2.38. The summed E-state index contributed by atoms with van der Waals surface area (Å²) in [5.74, 6) is 0.0616. The number of hydrogen-bond acceptors (Lipinski definition) is 2. The first-order valence-corrected chi connectivity index (χ1v) is 3.93. The molecular formula is C9H10O2. The van der Waals surface area contributed by atoms with E-state index in [1.54, 1.807) is 12.2 Å². The minimum atomic E-state index is -0.224. The van der Waals surface area contributed by atoms with Gasteiger partial charge in [0.25, 0.3) is 0 Å². The Kier molecular flexibility index (Phi) is 1.34. The van der Waals surface area contributed by atoms with Crippen LogP contribution in [0.4, 0.5) is 0 Å². The molecule has 1 unspecified atom stereocenters. The summed E-state index contributed by atoms with van der Waals surface area (Å²) in [4.78, 5) is 10.9. The van der Waals surface area contributed by atoms with E-state index in [9.17, 15) is 4.79 Å². The Morgan fingerprint density at radius 3 is 3.18 bits per heavy atom. The molecular weight excluding hydrogens is 140 g/mol. The standard InChI is InChI=1S/C9H10O2/c10-8-4-6-2-1-3-7(6)5-9(8)11/h4-6,10H,1-3H2. The third-order valence-corrected chi connectivity index (χ3v) is 2.38. The van der Waals surface area contributed by atoms with Crippen LogP contribution in [0.15, 0.2) is 23.5 Å². The number of carbonyl (C=O) groups is 1. The van der Waals surface area contributed by atoms with Gasteiger partial charge in [0.15, 0.2) is 5.76 Å². The number of aliphatic hydroxyl groups excluding tert-OH is 1. The van der Waals surface area contributed by atoms with E-state index in [0.717, 1.165) is 19.3 Å². The van der Waals surface area contributed by atoms with Crippen LogP contribution in [0.5, 0.6) is 0 Å². The number of hydrogen-bond donors (Lipinski definition) is 1. The van der Waals surface area contributed by atoms with E-state index in [-0.39, 0.29) is 11.5 Å². The second-order valence-corrected chi connectivity index (χ2v) is 3.13. The minimum absolute atomic E-state index is 0.0688. The molecule has 58 valence electrons. The highest BCUT2D eigenvalue weighted by Gasteiger charge is 2.25. The Labute approximate surface area is 65.2 Å². The number of ketones is 1. The predicted octanol–water partition coefficient (Wildman–Crippen LogP) is 1.74. The van der Waals surface area contributed by atoms with Crippen molar-refractivity contribution in [1.82, 2.24) is 0 Å². The van der Waals surface area contributed by atoms with Gasteiger partial charge in [-0.05, 0) is 31.4 Å². The van der Waals surface area contributed by atoms with Crippen molar-refractivity contribution in [2.75, 3.05) is 0 Å². The maximum atomic E-state index is 10.9. The van der Waals surface area contributed by atoms with Crippen LogP contribution in [0.1, 0.15) is 19.3 Å². The molecule has 0 radical (unpaired) electrons. The first kappa shape index (κ1) is 6.65. The minimum Gasteiger partial charge on any atom is -0.504 e. The summed E-state index contributed by atoms with van der Waals surface area (Å²) in [6.45, 7) is 0. The Morgan fingerprint density at radius 2 is 2.36 bits per heavy atom. The first-order valence-electron chi connectivity index (χ1n) is 3.93. The van der Waals surface area contributed by atoms with Crippen LogP contribution in [-0.2, 0) is 4.79 Å². The van der Waals surface area contributed by atoms with Crippen molar-refractivity contribution in [2.24, 2.45) is 5.92 Å². The summed E-state index contributed by atoms with van der Waals surface area (Å²) >= 11 is 0. The second-order valence-electron chi connectivity index (χ2n) is 3.13. The third kappa shape index (κ3) is 0.985. The second kappa shape index (κ2) is 2.22. The molecule has 0 aliphatic heterocycles. The molecule has 11 heavy (non-hydrogen) atoms. The molecule has 2 aliphatic rings. The first-order chi connectivity index (χ1) is 5.27. The lowest BCUT2D eigenvalue weighted by Gasteiger charge is -2.11. The van der Waals surface area contributed by atoms with E-state index in [0.29, 0.717) is 5.92 Å². The molecule has 1 N–H and O–H groups in total. The molecule has 2 nitrogen and oxygen atoms in total. The van der Waals surface area contributed by atoms with Gasteiger partial charge in [-0.15, -0.1) is 0 Å². The summed E-state index contributed by atoms with van der Waals surface area (Å²) in [5, 5.41) is 9.09. The van der Waals surface area contributed by atoms with Crippen LogP contribution in [0.3, 0.4) is 0 Å². The highest BCUT2D eigenvalue weighted by molar-refractivity contribution is 6.03. The van der Waals surface area contributed by atoms with Crippen molar-refractivity contribution >= 4 is 5.78 Å². The topological polar surface area (TPSA) is 37.3 Å². The molecule has 0 amide bonds. The quantitative estimate of drug-likeness (QED) is 0.571. The van der Waals surface area contributed by atoms with Crippen LogP contribution < -0.4 is 0 Å². The highest BCUT2D eigenvalue weighted by atomic mass is 16.3. The smallest absolute Gasteiger partial charge is 0.219 e. The van der Waals surface area contributed by atoms with Crippen molar-refractivity contribution in [3.63, 3.8) is 0 Å². The molecule has 0 aromatic rings. The van der Waals surface area contributed by atoms with Crippen molar-refractivity contribution in [1.29, 1.82) is 0 Å². The number of carbonyl (C=O) groups excluding carboxylic acids is 1. The molecule has 0 saturated heterocycles. The molecule has 1 atom stereocenters. The molecule has 0 aromatic carbocycles. The van der Waals surface area contributed by atoms with E-state index in [2.05, 4.69) is 0 Å². The lowest BCUT2D eigenvalue weighted by atomic mass is 9.95. The van der Waals surface area contributed by atoms with E-state index in [1.807, 2.05) is 0 Å². The molecule has 0 bridgehead atoms. The molecule has 0 aromatic heterocycles. The van der Waals surface area contributed by atoms with Gasteiger partial charge in [-0.2, -0.15) is 0 Å². The zero-order valence-electron chi connectivity index (χ0n) is 6.21. The van der Waals surface area contributed by atoms with Crippen molar-refractivity contribution in [3.05, 3.63) is 23.5 Å². The van der Waals surface area contributed by atoms with Crippen LogP contribution in [0.2, 0.25) is 0 Å². The normalized spacial score (nSPS) is 29.5. The van der Waals surface area contributed by atoms with Crippen LogP contribution in [0.25, 0.3) is 0 Å². The average Bonchev–Trinajstić information content (AvgIpc) is 2.36. The number of rotatable bonds is 0. The molecule has 2 aliphatic carbocycles. The summed E-state index contributed by atoms with van der Waals surface area (Å²) in [7, 11) is 0. The zero-order chi connectivity index (χ0) is 7.84. The van der Waals surface area contributed by atoms with E-state index >= 15 is 0 Å². The zero-order valence-corrected chi connectivity index (χ0v) is 6.21. The molecule has 0 heterocycles. The molecule has 1 saturated carbocycles. The van der Waals surface area contributed by atoms with Gasteiger partial charge in [0, 0.05) is 5.92 Å². The summed E-state index contributed by atoms with van der Waals surface area (Å²) in [6, 6.07) is 0. The van der Waals surface area contributed by atoms with Crippen molar-refractivity contribution in [3.8, 4) is 0 Å². The van der Waals surface area contributed by atoms with Gasteiger partial charge in [0.05, 0.1) is 0 Å². The largest absolute Gasteiger partial charge is 0.504 e. The van der Waals surface area contributed by atoms with Gasteiger partial charge in [0.2, 0.25) is 5.78 Å². The summed E-state index contributed by atoms with van der Waals surface area (Å²) in [5.41, 5.74) is 1.20. The Balaban J connectivity index is 2.33. The van der Waals surface area contributed by atoms with Crippen LogP contribution in [-0.4, -0.2) is 10.9 Å². The molecule has 2 heteroatoms. The fourth-order valence-corrected chi connectivity index (χ4v) is 1.78.